The molecule has 2 rings (SSSR count). The predicted molar refractivity (Wildman–Crippen MR) is 77.3 cm³/mol. The van der Waals surface area contributed by atoms with Crippen molar-refractivity contribution in [2.24, 2.45) is 5.73 Å². The molecule has 0 bridgehead atoms. The van der Waals surface area contributed by atoms with Crippen molar-refractivity contribution < 1.29 is 9.53 Å². The van der Waals surface area contributed by atoms with Gasteiger partial charge in [-0.1, -0.05) is 0 Å². The number of fused-ring (bicyclic) bond motifs is 1. The van der Waals surface area contributed by atoms with Gasteiger partial charge in [0.1, 0.15) is 5.54 Å². The van der Waals surface area contributed by atoms with E-state index < -0.39 is 5.54 Å². The second kappa shape index (κ2) is 6.39. The summed E-state index contributed by atoms with van der Waals surface area (Å²) in [5.41, 5.74) is 7.75. The molecule has 112 valence electrons. The molecule has 5 nitrogen and oxygen atoms in total. The number of imidazole rings is 1. The number of rotatable bonds is 6. The maximum Gasteiger partial charge on any atom is 0.325 e. The normalized spacial score (nSPS) is 17.4. The average molecular weight is 279 g/mol. The van der Waals surface area contributed by atoms with Crippen molar-refractivity contribution >= 4 is 5.97 Å². The van der Waals surface area contributed by atoms with Crippen LogP contribution >= 0.6 is 0 Å². The van der Waals surface area contributed by atoms with E-state index in [0.717, 1.165) is 32.2 Å². The zero-order chi connectivity index (χ0) is 14.6. The van der Waals surface area contributed by atoms with Gasteiger partial charge in [-0.3, -0.25) is 4.79 Å². The third-order valence-electron chi connectivity index (χ3n) is 4.11. The first-order chi connectivity index (χ1) is 9.54. The van der Waals surface area contributed by atoms with Crippen LogP contribution < -0.4 is 5.73 Å². The van der Waals surface area contributed by atoms with Crippen LogP contribution in [0.15, 0.2) is 6.33 Å². The molecular formula is C15H25N3O2. The van der Waals surface area contributed by atoms with Gasteiger partial charge in [-0.25, -0.2) is 4.98 Å². The Morgan fingerprint density at radius 3 is 2.95 bits per heavy atom. The Morgan fingerprint density at radius 2 is 2.20 bits per heavy atom. The fourth-order valence-electron chi connectivity index (χ4n) is 2.83. The number of nitrogens with two attached hydrogens (primary N) is 1. The summed E-state index contributed by atoms with van der Waals surface area (Å²) in [6, 6.07) is 0. The van der Waals surface area contributed by atoms with E-state index in [4.69, 9.17) is 10.5 Å². The van der Waals surface area contributed by atoms with Crippen molar-refractivity contribution in [1.29, 1.82) is 0 Å². The molecule has 20 heavy (non-hydrogen) atoms. The minimum Gasteiger partial charge on any atom is -0.468 e. The lowest BCUT2D eigenvalue weighted by atomic mass is 9.96. The maximum atomic E-state index is 11.5. The summed E-state index contributed by atoms with van der Waals surface area (Å²) in [5.74, 6) is -0.336. The third-order valence-corrected chi connectivity index (χ3v) is 4.11. The number of unbranched alkanes of at least 4 members (excludes halogenated alkanes) is 1. The maximum absolute atomic E-state index is 11.5. The summed E-state index contributed by atoms with van der Waals surface area (Å²) in [7, 11) is 1.38. The second-order valence-electron chi connectivity index (χ2n) is 5.90. The molecular weight excluding hydrogens is 254 g/mol. The van der Waals surface area contributed by atoms with Crippen LogP contribution in [0.5, 0.6) is 0 Å². The van der Waals surface area contributed by atoms with Crippen molar-refractivity contribution in [1.82, 2.24) is 9.55 Å². The highest BCUT2D eigenvalue weighted by Crippen LogP contribution is 2.20. The highest BCUT2D eigenvalue weighted by molar-refractivity contribution is 5.79. The SMILES string of the molecule is COC(=O)C(C)(N)CCCCn1cnc2c1CCCC2. The van der Waals surface area contributed by atoms with Crippen molar-refractivity contribution in [3.8, 4) is 0 Å². The second-order valence-corrected chi connectivity index (χ2v) is 5.90. The highest BCUT2D eigenvalue weighted by Gasteiger charge is 2.28. The summed E-state index contributed by atoms with van der Waals surface area (Å²) < 4.78 is 6.98. The number of hydrogen-bond donors (Lipinski definition) is 1. The third kappa shape index (κ3) is 3.39. The lowest BCUT2D eigenvalue weighted by Gasteiger charge is -2.21. The molecule has 2 N–H and O–H groups in total. The molecule has 0 saturated carbocycles. The molecule has 0 aromatic carbocycles. The van der Waals surface area contributed by atoms with E-state index in [-0.39, 0.29) is 5.97 Å². The van der Waals surface area contributed by atoms with E-state index in [9.17, 15) is 4.79 Å². The molecule has 1 atom stereocenters. The monoisotopic (exact) mass is 279 g/mol. The number of hydrogen-bond acceptors (Lipinski definition) is 4. The minimum atomic E-state index is -0.872. The van der Waals surface area contributed by atoms with Crippen LogP contribution in [0.1, 0.15) is 50.4 Å². The van der Waals surface area contributed by atoms with E-state index >= 15 is 0 Å². The number of carbonyl (C=O) groups is 1. The molecule has 1 aliphatic carbocycles. The zero-order valence-corrected chi connectivity index (χ0v) is 12.5. The van der Waals surface area contributed by atoms with Gasteiger partial charge in [0, 0.05) is 12.2 Å². The number of esters is 1. The van der Waals surface area contributed by atoms with Gasteiger partial charge < -0.3 is 15.0 Å². The number of methoxy groups -OCH3 is 1. The van der Waals surface area contributed by atoms with E-state index in [1.54, 1.807) is 6.92 Å². The summed E-state index contributed by atoms with van der Waals surface area (Å²) in [5, 5.41) is 0. The lowest BCUT2D eigenvalue weighted by Crippen LogP contribution is -2.45. The van der Waals surface area contributed by atoms with Crippen LogP contribution in [0.4, 0.5) is 0 Å². The van der Waals surface area contributed by atoms with Crippen LogP contribution in [0, 0.1) is 0 Å². The standard InChI is InChI=1S/C15H25N3O2/c1-15(16,14(19)20-2)9-5-6-10-18-11-17-12-7-3-4-8-13(12)18/h11H,3-10,16H2,1-2H3. The molecule has 0 spiro atoms. The summed E-state index contributed by atoms with van der Waals surface area (Å²) in [6.45, 7) is 2.69. The Morgan fingerprint density at radius 1 is 1.45 bits per heavy atom. The van der Waals surface area contributed by atoms with Gasteiger partial charge in [0.25, 0.3) is 0 Å². The summed E-state index contributed by atoms with van der Waals surface area (Å²) in [6.07, 6.45) is 9.31. The van der Waals surface area contributed by atoms with Gasteiger partial charge in [-0.05, 0) is 51.9 Å². The molecule has 1 aromatic rings. The van der Waals surface area contributed by atoms with Gasteiger partial charge in [0.15, 0.2) is 0 Å². The smallest absolute Gasteiger partial charge is 0.325 e. The van der Waals surface area contributed by atoms with E-state index in [1.165, 1.54) is 31.3 Å². The van der Waals surface area contributed by atoms with Gasteiger partial charge in [-0.15, -0.1) is 0 Å². The van der Waals surface area contributed by atoms with Gasteiger partial charge in [-0.2, -0.15) is 0 Å². The molecule has 1 aromatic heterocycles. The Bertz CT molecular complexity index is 466. The molecule has 1 aliphatic rings. The van der Waals surface area contributed by atoms with Gasteiger partial charge >= 0.3 is 5.97 Å². The van der Waals surface area contributed by atoms with Gasteiger partial charge in [0.05, 0.1) is 19.1 Å². The molecule has 0 saturated heterocycles. The van der Waals surface area contributed by atoms with Crippen LogP contribution in [0.2, 0.25) is 0 Å². The predicted octanol–water partition coefficient (Wildman–Crippen LogP) is 1.82. The van der Waals surface area contributed by atoms with Crippen molar-refractivity contribution in [3.63, 3.8) is 0 Å². The fourth-order valence-corrected chi connectivity index (χ4v) is 2.83. The number of ether oxygens (including phenoxy) is 1. The molecule has 1 heterocycles. The molecule has 1 unspecified atom stereocenters. The first-order valence-electron chi connectivity index (χ1n) is 7.45. The summed E-state index contributed by atoms with van der Waals surface area (Å²) in [4.78, 5) is 16.0. The Balaban J connectivity index is 1.79. The zero-order valence-electron chi connectivity index (χ0n) is 12.5. The first-order valence-corrected chi connectivity index (χ1v) is 7.45. The Hall–Kier alpha value is -1.36. The van der Waals surface area contributed by atoms with Gasteiger partial charge in [0.2, 0.25) is 0 Å². The van der Waals surface area contributed by atoms with Crippen LogP contribution in [-0.2, 0) is 28.9 Å². The molecule has 0 aliphatic heterocycles. The lowest BCUT2D eigenvalue weighted by molar-refractivity contribution is -0.146. The van der Waals surface area contributed by atoms with E-state index in [2.05, 4.69) is 9.55 Å². The van der Waals surface area contributed by atoms with Crippen molar-refractivity contribution in [2.75, 3.05) is 7.11 Å². The van der Waals surface area contributed by atoms with Crippen molar-refractivity contribution in [2.45, 2.75) is 64.0 Å². The Kier molecular flexibility index (Phi) is 4.81. The molecule has 0 fully saturated rings. The number of aromatic nitrogens is 2. The van der Waals surface area contributed by atoms with E-state index in [1.807, 2.05) is 6.33 Å². The quantitative estimate of drug-likeness (QED) is 0.637. The van der Waals surface area contributed by atoms with E-state index in [0.29, 0.717) is 6.42 Å². The Labute approximate surface area is 120 Å². The largest absolute Gasteiger partial charge is 0.468 e. The highest BCUT2D eigenvalue weighted by atomic mass is 16.5. The number of nitrogens with zero attached hydrogens (tertiary/aromatic N) is 2. The number of carbonyl (C=O) groups excluding carboxylic acids is 1. The summed E-state index contributed by atoms with van der Waals surface area (Å²) >= 11 is 0. The molecule has 5 heteroatoms. The van der Waals surface area contributed by atoms with Crippen molar-refractivity contribution in [3.05, 3.63) is 17.7 Å². The average Bonchev–Trinajstić information content (AvgIpc) is 2.86. The minimum absolute atomic E-state index is 0.336. The topological polar surface area (TPSA) is 70.1 Å². The van der Waals surface area contributed by atoms with Crippen LogP contribution in [0.3, 0.4) is 0 Å². The fraction of sp³-hybridized carbons (Fsp3) is 0.733. The first kappa shape index (κ1) is 15.0. The van der Waals surface area contributed by atoms with Crippen LogP contribution in [0.25, 0.3) is 0 Å². The molecule has 0 amide bonds. The van der Waals surface area contributed by atoms with Crippen LogP contribution in [-0.4, -0.2) is 28.2 Å². The number of aryl methyl sites for hydroxylation is 2. The molecule has 0 radical (unpaired) electrons.